The molecule has 6 nitrogen and oxygen atoms in total. The Balaban J connectivity index is 1.59. The molecule has 1 aliphatic heterocycles. The van der Waals surface area contributed by atoms with Gasteiger partial charge in [0, 0.05) is 52.5 Å². The van der Waals surface area contributed by atoms with E-state index >= 15 is 0 Å². The molecule has 1 saturated heterocycles. The summed E-state index contributed by atoms with van der Waals surface area (Å²) in [5, 5.41) is 10.9. The number of aromatic nitrogens is 2. The predicted octanol–water partition coefficient (Wildman–Crippen LogP) is 1.44. The Kier molecular flexibility index (Phi) is 5.56. The average Bonchev–Trinajstić information content (AvgIpc) is 3.31. The summed E-state index contributed by atoms with van der Waals surface area (Å²) in [5.41, 5.74) is 1.39. The van der Waals surface area contributed by atoms with Crippen molar-refractivity contribution in [1.29, 1.82) is 0 Å². The van der Waals surface area contributed by atoms with Crippen LogP contribution < -0.4 is 10.6 Å². The van der Waals surface area contributed by atoms with Crippen molar-refractivity contribution in [3.63, 3.8) is 0 Å². The molecular formula is C18H30N4O2. The van der Waals surface area contributed by atoms with Gasteiger partial charge in [0.05, 0.1) is 12.1 Å². The maximum absolute atomic E-state index is 12.8. The van der Waals surface area contributed by atoms with E-state index in [1.165, 1.54) is 25.7 Å². The first-order valence-corrected chi connectivity index (χ1v) is 9.09. The number of aryl methyl sites for hydroxylation is 1. The number of amides is 1. The van der Waals surface area contributed by atoms with E-state index in [-0.39, 0.29) is 23.2 Å². The van der Waals surface area contributed by atoms with Gasteiger partial charge in [0.15, 0.2) is 0 Å². The summed E-state index contributed by atoms with van der Waals surface area (Å²) in [5.74, 6) is 0.393. The fraction of sp³-hybridized carbons (Fsp3) is 0.778. The number of carbonyl (C=O) groups is 1. The second-order valence-electron chi connectivity index (χ2n) is 7.49. The smallest absolute Gasteiger partial charge is 0.225 e. The lowest BCUT2D eigenvalue weighted by molar-refractivity contribution is -0.125. The minimum absolute atomic E-state index is 0.00456. The highest BCUT2D eigenvalue weighted by Gasteiger charge is 2.37. The number of rotatable bonds is 7. The van der Waals surface area contributed by atoms with Gasteiger partial charge in [0.25, 0.3) is 0 Å². The SMILES string of the molecule is COCCC1(CNC(=O)[C@H]2CNC[C@@H]2c2cnn(C)c2)CCCC1. The van der Waals surface area contributed by atoms with Crippen LogP contribution in [0.3, 0.4) is 0 Å². The van der Waals surface area contributed by atoms with Crippen molar-refractivity contribution in [2.45, 2.75) is 38.0 Å². The van der Waals surface area contributed by atoms with Crippen molar-refractivity contribution in [2.24, 2.45) is 18.4 Å². The van der Waals surface area contributed by atoms with Crippen LogP contribution in [-0.2, 0) is 16.6 Å². The van der Waals surface area contributed by atoms with E-state index in [0.717, 1.165) is 38.2 Å². The maximum atomic E-state index is 12.8. The molecule has 1 saturated carbocycles. The number of hydrogen-bond acceptors (Lipinski definition) is 4. The highest BCUT2D eigenvalue weighted by Crippen LogP contribution is 2.40. The van der Waals surface area contributed by atoms with Crippen LogP contribution in [0.2, 0.25) is 0 Å². The van der Waals surface area contributed by atoms with E-state index < -0.39 is 0 Å². The molecule has 3 rings (SSSR count). The number of carbonyl (C=O) groups excluding carboxylic acids is 1. The molecule has 24 heavy (non-hydrogen) atoms. The van der Waals surface area contributed by atoms with Crippen molar-refractivity contribution in [3.8, 4) is 0 Å². The molecule has 0 spiro atoms. The maximum Gasteiger partial charge on any atom is 0.225 e. The molecule has 0 radical (unpaired) electrons. The summed E-state index contributed by atoms with van der Waals surface area (Å²) in [6.07, 6.45) is 9.88. The van der Waals surface area contributed by atoms with Crippen molar-refractivity contribution < 1.29 is 9.53 Å². The summed E-state index contributed by atoms with van der Waals surface area (Å²) >= 11 is 0. The van der Waals surface area contributed by atoms with E-state index in [4.69, 9.17) is 4.74 Å². The molecular weight excluding hydrogens is 304 g/mol. The van der Waals surface area contributed by atoms with Crippen molar-refractivity contribution in [2.75, 3.05) is 33.4 Å². The van der Waals surface area contributed by atoms with Gasteiger partial charge >= 0.3 is 0 Å². The number of methoxy groups -OCH3 is 1. The predicted molar refractivity (Wildman–Crippen MR) is 92.7 cm³/mol. The standard InChI is InChI=1S/C18H30N4O2/c1-22-12-14(9-21-22)15-10-19-11-16(15)17(23)20-13-18(7-8-24-2)5-3-4-6-18/h9,12,15-16,19H,3-8,10-11,13H2,1-2H3,(H,20,23)/t15-,16+/m1/s1. The third-order valence-corrected chi connectivity index (χ3v) is 5.84. The zero-order valence-corrected chi connectivity index (χ0v) is 14.9. The summed E-state index contributed by atoms with van der Waals surface area (Å²) in [4.78, 5) is 12.8. The number of nitrogens with one attached hydrogen (secondary N) is 2. The Labute approximate surface area is 144 Å². The van der Waals surface area contributed by atoms with Gasteiger partial charge in [-0.1, -0.05) is 12.8 Å². The third kappa shape index (κ3) is 3.81. The lowest BCUT2D eigenvalue weighted by atomic mass is 9.82. The van der Waals surface area contributed by atoms with E-state index in [1.807, 2.05) is 19.4 Å². The van der Waals surface area contributed by atoms with Crippen molar-refractivity contribution in [3.05, 3.63) is 18.0 Å². The Morgan fingerprint density at radius 2 is 2.25 bits per heavy atom. The van der Waals surface area contributed by atoms with Crippen LogP contribution in [0.1, 0.15) is 43.6 Å². The first kappa shape index (κ1) is 17.4. The number of ether oxygens (including phenoxy) is 1. The van der Waals surface area contributed by atoms with Crippen LogP contribution in [-0.4, -0.2) is 49.0 Å². The summed E-state index contributed by atoms with van der Waals surface area (Å²) in [6, 6.07) is 0. The Bertz CT molecular complexity index is 551. The molecule has 2 aliphatic rings. The summed E-state index contributed by atoms with van der Waals surface area (Å²) in [6.45, 7) is 3.15. The van der Waals surface area contributed by atoms with Crippen LogP contribution >= 0.6 is 0 Å². The lowest BCUT2D eigenvalue weighted by Gasteiger charge is -2.30. The largest absolute Gasteiger partial charge is 0.385 e. The van der Waals surface area contributed by atoms with Crippen LogP contribution in [0.4, 0.5) is 0 Å². The van der Waals surface area contributed by atoms with Gasteiger partial charge in [-0.05, 0) is 30.2 Å². The van der Waals surface area contributed by atoms with Crippen LogP contribution in [0, 0.1) is 11.3 Å². The normalized spacial score (nSPS) is 25.9. The Hall–Kier alpha value is -1.40. The molecule has 2 N–H and O–H groups in total. The van der Waals surface area contributed by atoms with Gasteiger partial charge in [-0.15, -0.1) is 0 Å². The molecule has 1 aromatic heterocycles. The Morgan fingerprint density at radius 3 is 2.92 bits per heavy atom. The molecule has 1 amide bonds. The average molecular weight is 334 g/mol. The van der Waals surface area contributed by atoms with Gasteiger partial charge in [0.1, 0.15) is 0 Å². The first-order valence-electron chi connectivity index (χ1n) is 9.09. The van der Waals surface area contributed by atoms with Gasteiger partial charge in [-0.3, -0.25) is 9.48 Å². The van der Waals surface area contributed by atoms with E-state index in [9.17, 15) is 4.79 Å². The zero-order chi connectivity index (χ0) is 17.0. The second-order valence-corrected chi connectivity index (χ2v) is 7.49. The van der Waals surface area contributed by atoms with E-state index in [2.05, 4.69) is 15.7 Å². The quantitative estimate of drug-likeness (QED) is 0.792. The molecule has 0 bridgehead atoms. The Morgan fingerprint density at radius 1 is 1.46 bits per heavy atom. The lowest BCUT2D eigenvalue weighted by Crippen LogP contribution is -2.41. The molecule has 6 heteroatoms. The summed E-state index contributed by atoms with van der Waals surface area (Å²) < 4.78 is 7.09. The molecule has 2 heterocycles. The first-order chi connectivity index (χ1) is 11.6. The monoisotopic (exact) mass is 334 g/mol. The van der Waals surface area contributed by atoms with E-state index in [1.54, 1.807) is 11.8 Å². The van der Waals surface area contributed by atoms with Crippen LogP contribution in [0.25, 0.3) is 0 Å². The number of hydrogen-bond donors (Lipinski definition) is 2. The van der Waals surface area contributed by atoms with Crippen molar-refractivity contribution >= 4 is 5.91 Å². The van der Waals surface area contributed by atoms with Gasteiger partial charge in [-0.2, -0.15) is 5.10 Å². The molecule has 2 atom stereocenters. The molecule has 1 aliphatic carbocycles. The third-order valence-electron chi connectivity index (χ3n) is 5.84. The fourth-order valence-electron chi connectivity index (χ4n) is 4.30. The molecule has 0 unspecified atom stereocenters. The molecule has 1 aromatic rings. The second kappa shape index (κ2) is 7.66. The highest BCUT2D eigenvalue weighted by molar-refractivity contribution is 5.80. The van der Waals surface area contributed by atoms with E-state index in [0.29, 0.717) is 0 Å². The summed E-state index contributed by atoms with van der Waals surface area (Å²) in [7, 11) is 3.67. The van der Waals surface area contributed by atoms with Gasteiger partial charge < -0.3 is 15.4 Å². The van der Waals surface area contributed by atoms with Crippen LogP contribution in [0.15, 0.2) is 12.4 Å². The molecule has 2 fully saturated rings. The fourth-order valence-corrected chi connectivity index (χ4v) is 4.30. The van der Waals surface area contributed by atoms with Crippen molar-refractivity contribution in [1.82, 2.24) is 20.4 Å². The minimum atomic E-state index is -0.00456. The van der Waals surface area contributed by atoms with Crippen LogP contribution in [0.5, 0.6) is 0 Å². The van der Waals surface area contributed by atoms with Gasteiger partial charge in [0.2, 0.25) is 5.91 Å². The zero-order valence-electron chi connectivity index (χ0n) is 14.9. The molecule has 134 valence electrons. The highest BCUT2D eigenvalue weighted by atomic mass is 16.5. The topological polar surface area (TPSA) is 68.2 Å². The number of nitrogens with zero attached hydrogens (tertiary/aromatic N) is 2. The molecule has 0 aromatic carbocycles. The minimum Gasteiger partial charge on any atom is -0.385 e. The van der Waals surface area contributed by atoms with Gasteiger partial charge in [-0.25, -0.2) is 0 Å².